The highest BCUT2D eigenvalue weighted by Gasteiger charge is 2.20. The van der Waals surface area contributed by atoms with Crippen LogP contribution in [0.15, 0.2) is 18.2 Å². The molecule has 0 aliphatic carbocycles. The number of benzene rings is 1. The number of nitrogens with two attached hydrogens (primary N) is 1. The van der Waals surface area contributed by atoms with Crippen molar-refractivity contribution in [3.63, 3.8) is 0 Å². The molecule has 3 nitrogen and oxygen atoms in total. The van der Waals surface area contributed by atoms with Gasteiger partial charge in [0.15, 0.2) is 0 Å². The van der Waals surface area contributed by atoms with Gasteiger partial charge in [-0.15, -0.1) is 0 Å². The van der Waals surface area contributed by atoms with Crippen LogP contribution >= 0.6 is 0 Å². The van der Waals surface area contributed by atoms with E-state index in [1.165, 1.54) is 11.1 Å². The molecule has 0 saturated carbocycles. The first-order valence-electron chi connectivity index (χ1n) is 7.74. The first kappa shape index (κ1) is 15.6. The molecule has 0 amide bonds. The lowest BCUT2D eigenvalue weighted by molar-refractivity contribution is 0.502. The number of aromatic nitrogens is 2. The van der Waals surface area contributed by atoms with Crippen LogP contribution in [0.5, 0.6) is 0 Å². The predicted octanol–water partition coefficient (Wildman–Crippen LogP) is 4.53. The highest BCUT2D eigenvalue weighted by Crippen LogP contribution is 2.32. The molecule has 0 saturated heterocycles. The van der Waals surface area contributed by atoms with Gasteiger partial charge in [0.1, 0.15) is 17.3 Å². The summed E-state index contributed by atoms with van der Waals surface area (Å²) in [5.41, 5.74) is 11.0. The van der Waals surface area contributed by atoms with Gasteiger partial charge in [-0.2, -0.15) is 0 Å². The summed E-state index contributed by atoms with van der Waals surface area (Å²) in [5.74, 6) is 2.79. The molecule has 2 N–H and O–H groups in total. The number of hydrogen-bond donors (Lipinski definition) is 1. The van der Waals surface area contributed by atoms with Crippen molar-refractivity contribution in [3.05, 3.63) is 35.2 Å². The second-order valence-electron chi connectivity index (χ2n) is 6.68. The van der Waals surface area contributed by atoms with Gasteiger partial charge in [0, 0.05) is 18.0 Å². The van der Waals surface area contributed by atoms with Crippen LogP contribution in [0.3, 0.4) is 0 Å². The van der Waals surface area contributed by atoms with E-state index in [0.717, 1.165) is 29.4 Å². The average molecular weight is 285 g/mol. The van der Waals surface area contributed by atoms with Gasteiger partial charge in [0.25, 0.3) is 0 Å². The van der Waals surface area contributed by atoms with Gasteiger partial charge in [-0.3, -0.25) is 0 Å². The summed E-state index contributed by atoms with van der Waals surface area (Å²) in [7, 11) is 0. The minimum atomic E-state index is 0.366. The van der Waals surface area contributed by atoms with Crippen LogP contribution in [-0.4, -0.2) is 9.55 Å². The van der Waals surface area contributed by atoms with Gasteiger partial charge in [-0.25, -0.2) is 4.98 Å². The number of rotatable bonds is 4. The molecule has 2 aromatic rings. The van der Waals surface area contributed by atoms with E-state index in [9.17, 15) is 0 Å². The van der Waals surface area contributed by atoms with E-state index in [1.54, 1.807) is 0 Å². The number of aryl methyl sites for hydroxylation is 2. The Kier molecular flexibility index (Phi) is 4.40. The van der Waals surface area contributed by atoms with Crippen molar-refractivity contribution in [2.75, 3.05) is 5.73 Å². The van der Waals surface area contributed by atoms with Gasteiger partial charge in [0.05, 0.1) is 0 Å². The highest BCUT2D eigenvalue weighted by molar-refractivity contribution is 5.74. The molecular weight excluding hydrogens is 258 g/mol. The highest BCUT2D eigenvalue weighted by atomic mass is 15.1. The Labute approximate surface area is 128 Å². The average Bonchev–Trinajstić information content (AvgIpc) is 2.70. The molecule has 3 heteroatoms. The number of hydrogen-bond acceptors (Lipinski definition) is 2. The molecule has 2 rings (SSSR count). The normalized spacial score (nSPS) is 11.6. The Morgan fingerprint density at radius 3 is 2.38 bits per heavy atom. The van der Waals surface area contributed by atoms with E-state index in [2.05, 4.69) is 64.3 Å². The van der Waals surface area contributed by atoms with Crippen molar-refractivity contribution in [2.45, 2.75) is 54.0 Å². The minimum Gasteiger partial charge on any atom is -0.383 e. The number of anilines is 1. The first-order valence-corrected chi connectivity index (χ1v) is 7.74. The van der Waals surface area contributed by atoms with Gasteiger partial charge in [0.2, 0.25) is 0 Å². The Morgan fingerprint density at radius 2 is 1.81 bits per heavy atom. The number of nitrogen functional groups attached to an aromatic ring is 1. The molecular formula is C18H27N3. The van der Waals surface area contributed by atoms with Crippen LogP contribution in [0.2, 0.25) is 0 Å². The molecule has 0 bridgehead atoms. The summed E-state index contributed by atoms with van der Waals surface area (Å²) in [6.45, 7) is 13.9. The molecule has 0 aliphatic heterocycles. The van der Waals surface area contributed by atoms with Gasteiger partial charge >= 0.3 is 0 Å². The van der Waals surface area contributed by atoms with Crippen molar-refractivity contribution in [1.29, 1.82) is 0 Å². The fourth-order valence-electron chi connectivity index (χ4n) is 2.67. The Bertz CT molecular complexity index is 636. The molecule has 1 aromatic carbocycles. The molecule has 0 aliphatic rings. The maximum Gasteiger partial charge on any atom is 0.131 e. The molecule has 21 heavy (non-hydrogen) atoms. The molecule has 0 radical (unpaired) electrons. The summed E-state index contributed by atoms with van der Waals surface area (Å²) in [5, 5.41) is 0. The Morgan fingerprint density at radius 1 is 1.14 bits per heavy atom. The summed E-state index contributed by atoms with van der Waals surface area (Å²) in [6, 6.07) is 6.45. The second kappa shape index (κ2) is 5.92. The van der Waals surface area contributed by atoms with Crippen LogP contribution in [0.25, 0.3) is 11.3 Å². The smallest absolute Gasteiger partial charge is 0.131 e. The van der Waals surface area contributed by atoms with Gasteiger partial charge in [-0.05, 0) is 31.4 Å². The SMILES string of the molecule is Cc1ccc(C)c(-c2nc(C(C)C)n(CC(C)C)c2N)c1. The van der Waals surface area contributed by atoms with Crippen molar-refractivity contribution < 1.29 is 0 Å². The van der Waals surface area contributed by atoms with Gasteiger partial charge < -0.3 is 10.3 Å². The summed E-state index contributed by atoms with van der Waals surface area (Å²) >= 11 is 0. The topological polar surface area (TPSA) is 43.8 Å². The quantitative estimate of drug-likeness (QED) is 0.897. The van der Waals surface area contributed by atoms with E-state index in [1.807, 2.05) is 0 Å². The summed E-state index contributed by atoms with van der Waals surface area (Å²) in [4.78, 5) is 4.87. The molecule has 0 fully saturated rings. The van der Waals surface area contributed by atoms with Gasteiger partial charge in [-0.1, -0.05) is 45.4 Å². The van der Waals surface area contributed by atoms with E-state index in [4.69, 9.17) is 10.7 Å². The standard InChI is InChI=1S/C18H27N3/c1-11(2)10-21-17(19)16(20-18(21)12(3)4)15-9-13(5)7-8-14(15)6/h7-9,11-12H,10,19H2,1-6H3. The van der Waals surface area contributed by atoms with Crippen molar-refractivity contribution in [2.24, 2.45) is 5.92 Å². The molecule has 1 heterocycles. The molecule has 0 atom stereocenters. The van der Waals surface area contributed by atoms with E-state index < -0.39 is 0 Å². The van der Waals surface area contributed by atoms with E-state index >= 15 is 0 Å². The summed E-state index contributed by atoms with van der Waals surface area (Å²) < 4.78 is 2.19. The van der Waals surface area contributed by atoms with Crippen molar-refractivity contribution >= 4 is 5.82 Å². The zero-order valence-corrected chi connectivity index (χ0v) is 14.1. The fraction of sp³-hybridized carbons (Fsp3) is 0.500. The Hall–Kier alpha value is -1.77. The third-order valence-corrected chi connectivity index (χ3v) is 3.75. The van der Waals surface area contributed by atoms with Crippen LogP contribution in [0, 0.1) is 19.8 Å². The Balaban J connectivity index is 2.62. The lowest BCUT2D eigenvalue weighted by atomic mass is 10.0. The number of nitrogens with zero attached hydrogens (tertiary/aromatic N) is 2. The lowest BCUT2D eigenvalue weighted by Gasteiger charge is -2.14. The zero-order chi connectivity index (χ0) is 15.7. The van der Waals surface area contributed by atoms with Crippen LogP contribution in [-0.2, 0) is 6.54 Å². The number of imidazole rings is 1. The second-order valence-corrected chi connectivity index (χ2v) is 6.68. The molecule has 0 spiro atoms. The van der Waals surface area contributed by atoms with Crippen LogP contribution < -0.4 is 5.73 Å². The zero-order valence-electron chi connectivity index (χ0n) is 14.1. The third kappa shape index (κ3) is 3.12. The fourth-order valence-corrected chi connectivity index (χ4v) is 2.67. The van der Waals surface area contributed by atoms with Crippen LogP contribution in [0.1, 0.15) is 50.6 Å². The molecule has 0 unspecified atom stereocenters. The van der Waals surface area contributed by atoms with E-state index in [0.29, 0.717) is 11.8 Å². The lowest BCUT2D eigenvalue weighted by Crippen LogP contribution is -2.12. The van der Waals surface area contributed by atoms with E-state index in [-0.39, 0.29) is 0 Å². The predicted molar refractivity (Wildman–Crippen MR) is 90.5 cm³/mol. The maximum absolute atomic E-state index is 6.44. The maximum atomic E-state index is 6.44. The first-order chi connectivity index (χ1) is 9.81. The van der Waals surface area contributed by atoms with Crippen molar-refractivity contribution in [1.82, 2.24) is 9.55 Å². The minimum absolute atomic E-state index is 0.366. The largest absolute Gasteiger partial charge is 0.383 e. The monoisotopic (exact) mass is 285 g/mol. The third-order valence-electron chi connectivity index (χ3n) is 3.75. The molecule has 1 aromatic heterocycles. The summed E-state index contributed by atoms with van der Waals surface area (Å²) in [6.07, 6.45) is 0. The molecule has 114 valence electrons. The van der Waals surface area contributed by atoms with Crippen LogP contribution in [0.4, 0.5) is 5.82 Å². The van der Waals surface area contributed by atoms with Crippen molar-refractivity contribution in [3.8, 4) is 11.3 Å².